The number of anilines is 1. The van der Waals surface area contributed by atoms with E-state index in [1.807, 2.05) is 56.3 Å². The molecule has 0 saturated carbocycles. The van der Waals surface area contributed by atoms with Gasteiger partial charge < -0.3 is 14.8 Å². The molecule has 3 rings (SSSR count). The van der Waals surface area contributed by atoms with Crippen molar-refractivity contribution in [1.82, 2.24) is 5.32 Å². The number of hydrogen-bond acceptors (Lipinski definition) is 4. The van der Waals surface area contributed by atoms with Crippen molar-refractivity contribution in [3.63, 3.8) is 0 Å². The minimum Gasteiger partial charge on any atom is -0.492 e. The van der Waals surface area contributed by atoms with E-state index < -0.39 is 0 Å². The van der Waals surface area contributed by atoms with Gasteiger partial charge in [0.15, 0.2) is 16.6 Å². The molecule has 1 amide bonds. The third-order valence-electron chi connectivity index (χ3n) is 3.98. The van der Waals surface area contributed by atoms with Gasteiger partial charge in [0.25, 0.3) is 5.91 Å². The van der Waals surface area contributed by atoms with Gasteiger partial charge in [0.05, 0.1) is 19.4 Å². The molecule has 2 aromatic rings. The molecule has 1 saturated heterocycles. The second kappa shape index (κ2) is 7.58. The van der Waals surface area contributed by atoms with Gasteiger partial charge in [-0.25, -0.2) is 0 Å². The van der Waals surface area contributed by atoms with Crippen LogP contribution in [0.3, 0.4) is 0 Å². The highest BCUT2D eigenvalue weighted by Gasteiger charge is 2.32. The maximum atomic E-state index is 12.9. The first-order valence-electron chi connectivity index (χ1n) is 8.28. The molecule has 26 heavy (non-hydrogen) atoms. The molecule has 0 radical (unpaired) electrons. The van der Waals surface area contributed by atoms with Crippen molar-refractivity contribution in [3.8, 4) is 11.5 Å². The quantitative estimate of drug-likeness (QED) is 0.645. The van der Waals surface area contributed by atoms with Crippen LogP contribution in [0.2, 0.25) is 0 Å². The number of ether oxygens (including phenoxy) is 2. The Morgan fingerprint density at radius 3 is 2.58 bits per heavy atom. The van der Waals surface area contributed by atoms with E-state index in [9.17, 15) is 4.79 Å². The smallest absolute Gasteiger partial charge is 0.281 e. The Hall–Kier alpha value is -2.86. The molecule has 1 heterocycles. The van der Waals surface area contributed by atoms with E-state index in [-0.39, 0.29) is 5.91 Å². The molecule has 1 fully saturated rings. The predicted octanol–water partition coefficient (Wildman–Crippen LogP) is 3.66. The van der Waals surface area contributed by atoms with Crippen LogP contribution in [-0.4, -0.2) is 24.7 Å². The van der Waals surface area contributed by atoms with Gasteiger partial charge in [-0.05, 0) is 50.3 Å². The van der Waals surface area contributed by atoms with E-state index in [2.05, 4.69) is 5.32 Å². The number of hydrogen-bond donors (Lipinski definition) is 1. The van der Waals surface area contributed by atoms with Crippen LogP contribution in [0.1, 0.15) is 18.1 Å². The molecule has 2 aromatic carbocycles. The lowest BCUT2D eigenvalue weighted by Crippen LogP contribution is -2.30. The molecule has 0 unspecified atom stereocenters. The van der Waals surface area contributed by atoms with Gasteiger partial charge in [0.1, 0.15) is 5.70 Å². The van der Waals surface area contributed by atoms with Gasteiger partial charge in [0, 0.05) is 5.56 Å². The zero-order valence-electron chi connectivity index (χ0n) is 14.9. The number of rotatable bonds is 5. The normalized spacial score (nSPS) is 15.3. The van der Waals surface area contributed by atoms with E-state index >= 15 is 0 Å². The van der Waals surface area contributed by atoms with E-state index in [1.165, 1.54) is 4.90 Å². The molecule has 0 spiro atoms. The molecular formula is C20H20N2O3S. The number of nitrogens with zero attached hydrogens (tertiary/aromatic N) is 1. The highest BCUT2D eigenvalue weighted by Crippen LogP contribution is 2.33. The lowest BCUT2D eigenvalue weighted by atomic mass is 10.1. The largest absolute Gasteiger partial charge is 0.492 e. The first-order chi connectivity index (χ1) is 12.5. The first kappa shape index (κ1) is 17.9. The Kier molecular flexibility index (Phi) is 5.23. The molecule has 0 atom stereocenters. The Balaban J connectivity index is 1.96. The van der Waals surface area contributed by atoms with Crippen molar-refractivity contribution in [3.05, 3.63) is 59.3 Å². The Labute approximate surface area is 158 Å². The summed E-state index contributed by atoms with van der Waals surface area (Å²) in [5.41, 5.74) is 2.98. The molecule has 1 aliphatic rings. The summed E-state index contributed by atoms with van der Waals surface area (Å²) >= 11 is 5.35. The summed E-state index contributed by atoms with van der Waals surface area (Å²) in [7, 11) is 1.58. The topological polar surface area (TPSA) is 50.8 Å². The molecule has 5 nitrogen and oxygen atoms in total. The van der Waals surface area contributed by atoms with Crippen molar-refractivity contribution < 1.29 is 14.3 Å². The molecule has 1 aliphatic heterocycles. The minimum absolute atomic E-state index is 0.206. The van der Waals surface area contributed by atoms with Crippen LogP contribution >= 0.6 is 12.2 Å². The summed E-state index contributed by atoms with van der Waals surface area (Å²) in [5.74, 6) is 1.01. The Bertz CT molecular complexity index is 875. The highest BCUT2D eigenvalue weighted by atomic mass is 32.1. The van der Waals surface area contributed by atoms with Gasteiger partial charge in [-0.1, -0.05) is 29.8 Å². The fourth-order valence-electron chi connectivity index (χ4n) is 2.75. The number of aryl methyl sites for hydroxylation is 1. The van der Waals surface area contributed by atoms with Crippen LogP contribution in [0.15, 0.2) is 48.2 Å². The maximum Gasteiger partial charge on any atom is 0.281 e. The van der Waals surface area contributed by atoms with Gasteiger partial charge in [-0.3, -0.25) is 9.69 Å². The number of benzene rings is 2. The molecule has 6 heteroatoms. The Morgan fingerprint density at radius 2 is 1.92 bits per heavy atom. The van der Waals surface area contributed by atoms with E-state index in [4.69, 9.17) is 21.7 Å². The van der Waals surface area contributed by atoms with E-state index in [0.29, 0.717) is 28.9 Å². The summed E-state index contributed by atoms with van der Waals surface area (Å²) in [6.07, 6.45) is 1.73. The summed E-state index contributed by atoms with van der Waals surface area (Å²) < 4.78 is 11.1. The van der Waals surface area contributed by atoms with Crippen molar-refractivity contribution in [1.29, 1.82) is 0 Å². The van der Waals surface area contributed by atoms with Crippen LogP contribution in [0, 0.1) is 6.92 Å². The van der Waals surface area contributed by atoms with Crippen molar-refractivity contribution >= 4 is 35.0 Å². The average molecular weight is 368 g/mol. The number of para-hydroxylation sites is 1. The molecule has 1 N–H and O–H groups in total. The second-order valence-corrected chi connectivity index (χ2v) is 6.16. The van der Waals surface area contributed by atoms with E-state index in [1.54, 1.807) is 13.2 Å². The number of thiocarbonyl (C=S) groups is 1. The van der Waals surface area contributed by atoms with Gasteiger partial charge in [0.2, 0.25) is 0 Å². The van der Waals surface area contributed by atoms with Gasteiger partial charge >= 0.3 is 0 Å². The van der Waals surface area contributed by atoms with Crippen molar-refractivity contribution in [2.45, 2.75) is 13.8 Å². The summed E-state index contributed by atoms with van der Waals surface area (Å²) in [6.45, 7) is 4.43. The van der Waals surface area contributed by atoms with Gasteiger partial charge in [-0.2, -0.15) is 0 Å². The monoisotopic (exact) mass is 368 g/mol. The SMILES string of the molecule is CCOc1cccc(/C=C2\NC(=S)N(c3ccc(C)cc3)C2=O)c1OC. The fourth-order valence-corrected chi connectivity index (χ4v) is 3.05. The number of carbonyl (C=O) groups is 1. The van der Waals surface area contributed by atoms with Crippen LogP contribution < -0.4 is 19.7 Å². The van der Waals surface area contributed by atoms with Crippen LogP contribution in [0.25, 0.3) is 6.08 Å². The first-order valence-corrected chi connectivity index (χ1v) is 8.69. The third-order valence-corrected chi connectivity index (χ3v) is 4.27. The average Bonchev–Trinajstić information content (AvgIpc) is 2.90. The van der Waals surface area contributed by atoms with Crippen LogP contribution in [0.4, 0.5) is 5.69 Å². The van der Waals surface area contributed by atoms with Crippen LogP contribution in [0.5, 0.6) is 11.5 Å². The molecule has 0 bridgehead atoms. The highest BCUT2D eigenvalue weighted by molar-refractivity contribution is 7.80. The van der Waals surface area contributed by atoms with E-state index in [0.717, 1.165) is 16.8 Å². The lowest BCUT2D eigenvalue weighted by Gasteiger charge is -2.14. The second-order valence-electron chi connectivity index (χ2n) is 5.78. The van der Waals surface area contributed by atoms with Crippen LogP contribution in [-0.2, 0) is 4.79 Å². The Morgan fingerprint density at radius 1 is 1.19 bits per heavy atom. The number of amides is 1. The molecule has 0 aliphatic carbocycles. The molecular weight excluding hydrogens is 348 g/mol. The van der Waals surface area contributed by atoms with Gasteiger partial charge in [-0.15, -0.1) is 0 Å². The van der Waals surface area contributed by atoms with Crippen molar-refractivity contribution in [2.75, 3.05) is 18.6 Å². The fraction of sp³-hybridized carbons (Fsp3) is 0.200. The minimum atomic E-state index is -0.206. The number of carbonyl (C=O) groups excluding carboxylic acids is 1. The van der Waals surface area contributed by atoms with Crippen molar-refractivity contribution in [2.24, 2.45) is 0 Å². The zero-order chi connectivity index (χ0) is 18.7. The maximum absolute atomic E-state index is 12.9. The lowest BCUT2D eigenvalue weighted by molar-refractivity contribution is -0.113. The summed E-state index contributed by atoms with van der Waals surface area (Å²) in [5, 5.41) is 3.34. The zero-order valence-corrected chi connectivity index (χ0v) is 15.7. The standard InChI is InChI=1S/C20H20N2O3S/c1-4-25-17-7-5-6-14(18(17)24-3)12-16-19(23)22(20(26)21-16)15-10-8-13(2)9-11-15/h5-12H,4H2,1-3H3,(H,21,26)/b16-12-. The summed E-state index contributed by atoms with van der Waals surface area (Å²) in [6, 6.07) is 13.2. The third kappa shape index (κ3) is 3.41. The number of nitrogens with one attached hydrogen (secondary N) is 1. The number of methoxy groups -OCH3 is 1. The summed E-state index contributed by atoms with van der Waals surface area (Å²) in [4.78, 5) is 14.3. The predicted molar refractivity (Wildman–Crippen MR) is 107 cm³/mol. The molecule has 134 valence electrons. The molecule has 0 aromatic heterocycles.